The Labute approximate surface area is 166 Å². The van der Waals surface area contributed by atoms with Gasteiger partial charge in [0.25, 0.3) is 0 Å². The van der Waals surface area contributed by atoms with Crippen molar-refractivity contribution in [3.8, 4) is 0 Å². The van der Waals surface area contributed by atoms with E-state index in [1.165, 1.54) is 17.0 Å². The van der Waals surface area contributed by atoms with E-state index in [-0.39, 0.29) is 18.1 Å². The van der Waals surface area contributed by atoms with Crippen molar-refractivity contribution in [3.63, 3.8) is 0 Å². The van der Waals surface area contributed by atoms with Gasteiger partial charge in [-0.25, -0.2) is 4.39 Å². The highest BCUT2D eigenvalue weighted by Crippen LogP contribution is 2.45. The molecule has 1 aliphatic heterocycles. The zero-order chi connectivity index (χ0) is 19.1. The molecule has 2 aliphatic rings. The van der Waals surface area contributed by atoms with Crippen molar-refractivity contribution < 1.29 is 14.0 Å². The number of hydrogen-bond acceptors (Lipinski definition) is 2. The third-order valence-corrected chi connectivity index (χ3v) is 5.93. The molecule has 0 fully saturated rings. The quantitative estimate of drug-likeness (QED) is 0.648. The molecule has 6 heteroatoms. The van der Waals surface area contributed by atoms with E-state index in [0.717, 1.165) is 0 Å². The molecule has 4 rings (SSSR count). The highest BCUT2D eigenvalue weighted by molar-refractivity contribution is 6.42. The lowest BCUT2D eigenvalue weighted by molar-refractivity contribution is -0.119. The second-order valence-corrected chi connectivity index (χ2v) is 7.53. The van der Waals surface area contributed by atoms with E-state index in [1.807, 2.05) is 0 Å². The Morgan fingerprint density at radius 2 is 1.81 bits per heavy atom. The number of halogens is 3. The third kappa shape index (κ3) is 3.17. The summed E-state index contributed by atoms with van der Waals surface area (Å²) in [7, 11) is 0. The van der Waals surface area contributed by atoms with E-state index in [0.29, 0.717) is 51.8 Å². The molecule has 0 bridgehead atoms. The molecule has 2 aromatic rings. The molecule has 1 heterocycles. The van der Waals surface area contributed by atoms with Crippen LogP contribution in [0.1, 0.15) is 37.2 Å². The number of amides is 1. The van der Waals surface area contributed by atoms with Crippen LogP contribution in [0.4, 0.5) is 10.1 Å². The van der Waals surface area contributed by atoms with Gasteiger partial charge in [0.15, 0.2) is 5.78 Å². The van der Waals surface area contributed by atoms with Gasteiger partial charge in [0.2, 0.25) is 5.91 Å². The molecule has 0 radical (unpaired) electrons. The van der Waals surface area contributed by atoms with E-state index in [4.69, 9.17) is 23.2 Å². The molecule has 1 unspecified atom stereocenters. The van der Waals surface area contributed by atoms with Crippen molar-refractivity contribution in [1.29, 1.82) is 0 Å². The number of nitrogens with zero attached hydrogens (tertiary/aromatic N) is 1. The highest BCUT2D eigenvalue weighted by atomic mass is 35.5. The van der Waals surface area contributed by atoms with E-state index in [2.05, 4.69) is 0 Å². The Morgan fingerprint density at radius 1 is 1.04 bits per heavy atom. The molecule has 0 saturated heterocycles. The van der Waals surface area contributed by atoms with Gasteiger partial charge in [0.05, 0.1) is 15.7 Å². The summed E-state index contributed by atoms with van der Waals surface area (Å²) in [6.07, 6.45) is 1.75. The molecule has 0 aromatic heterocycles. The SMILES string of the molecule is O=C1CCCC2=C1C(c1cccc(Cl)c1Cl)CC(=O)N2c1cccc(F)c1. The predicted octanol–water partition coefficient (Wildman–Crippen LogP) is 5.66. The van der Waals surface area contributed by atoms with Crippen LogP contribution in [0.5, 0.6) is 0 Å². The monoisotopic (exact) mass is 403 g/mol. The maximum atomic E-state index is 13.7. The van der Waals surface area contributed by atoms with E-state index >= 15 is 0 Å². The standard InChI is InChI=1S/C21H16Cl2FNO2/c22-16-7-2-6-14(21(16)23)15-11-19(27)25(13-5-1-4-12(24)10-13)17-8-3-9-18(26)20(15)17/h1-2,4-7,10,15H,3,8-9,11H2. The van der Waals surface area contributed by atoms with Crippen LogP contribution in [0.15, 0.2) is 53.7 Å². The molecule has 0 spiro atoms. The highest BCUT2D eigenvalue weighted by Gasteiger charge is 2.40. The fourth-order valence-electron chi connectivity index (χ4n) is 3.96. The van der Waals surface area contributed by atoms with Crippen molar-refractivity contribution in [3.05, 3.63) is 75.2 Å². The summed E-state index contributed by atoms with van der Waals surface area (Å²) in [5, 5.41) is 0.751. The number of carbonyl (C=O) groups is 2. The molecular formula is C21H16Cl2FNO2. The van der Waals surface area contributed by atoms with E-state index in [9.17, 15) is 14.0 Å². The number of anilines is 1. The molecular weight excluding hydrogens is 388 g/mol. The van der Waals surface area contributed by atoms with Gasteiger partial charge in [0.1, 0.15) is 5.82 Å². The van der Waals surface area contributed by atoms with E-state index in [1.54, 1.807) is 30.3 Å². The van der Waals surface area contributed by atoms with Crippen molar-refractivity contribution >= 4 is 40.6 Å². The number of ketones is 1. The van der Waals surface area contributed by atoms with Crippen LogP contribution in [0, 0.1) is 5.82 Å². The fraction of sp³-hybridized carbons (Fsp3) is 0.238. The molecule has 138 valence electrons. The summed E-state index contributed by atoms with van der Waals surface area (Å²) in [5.74, 6) is -1.04. The minimum Gasteiger partial charge on any atom is -0.294 e. The summed E-state index contributed by atoms with van der Waals surface area (Å²) < 4.78 is 13.7. The topological polar surface area (TPSA) is 37.4 Å². The van der Waals surface area contributed by atoms with Crippen LogP contribution < -0.4 is 4.90 Å². The maximum Gasteiger partial charge on any atom is 0.232 e. The smallest absolute Gasteiger partial charge is 0.232 e. The second kappa shape index (κ2) is 7.10. The zero-order valence-corrected chi connectivity index (χ0v) is 15.9. The average molecular weight is 404 g/mol. The average Bonchev–Trinajstić information content (AvgIpc) is 2.63. The molecule has 2 aromatic carbocycles. The van der Waals surface area contributed by atoms with Crippen LogP contribution >= 0.6 is 23.2 Å². The first-order chi connectivity index (χ1) is 13.0. The first-order valence-corrected chi connectivity index (χ1v) is 9.51. The number of rotatable bonds is 2. The molecule has 0 saturated carbocycles. The van der Waals surface area contributed by atoms with Crippen LogP contribution in [0.2, 0.25) is 10.0 Å². The molecule has 0 N–H and O–H groups in total. The molecule has 1 amide bonds. The Hall–Kier alpha value is -2.17. The lowest BCUT2D eigenvalue weighted by Gasteiger charge is -2.38. The van der Waals surface area contributed by atoms with Gasteiger partial charge in [-0.2, -0.15) is 0 Å². The minimum atomic E-state index is -0.434. The molecule has 27 heavy (non-hydrogen) atoms. The maximum absolute atomic E-state index is 13.7. The van der Waals surface area contributed by atoms with Gasteiger partial charge < -0.3 is 0 Å². The van der Waals surface area contributed by atoms with Crippen molar-refractivity contribution in [1.82, 2.24) is 0 Å². The van der Waals surface area contributed by atoms with Gasteiger partial charge in [-0.1, -0.05) is 41.4 Å². The first kappa shape index (κ1) is 18.2. The van der Waals surface area contributed by atoms with Crippen molar-refractivity contribution in [2.75, 3.05) is 4.90 Å². The third-order valence-electron chi connectivity index (χ3n) is 5.10. The Bertz CT molecular complexity index is 986. The van der Waals surface area contributed by atoms with Crippen LogP contribution in [-0.2, 0) is 9.59 Å². The lowest BCUT2D eigenvalue weighted by atomic mass is 9.77. The summed E-state index contributed by atoms with van der Waals surface area (Å²) in [6.45, 7) is 0. The van der Waals surface area contributed by atoms with Crippen LogP contribution in [-0.4, -0.2) is 11.7 Å². The number of hydrogen-bond donors (Lipinski definition) is 0. The van der Waals surface area contributed by atoms with Gasteiger partial charge >= 0.3 is 0 Å². The van der Waals surface area contributed by atoms with E-state index < -0.39 is 11.7 Å². The number of allylic oxidation sites excluding steroid dienone is 2. The summed E-state index contributed by atoms with van der Waals surface area (Å²) in [6, 6.07) is 11.1. The lowest BCUT2D eigenvalue weighted by Crippen LogP contribution is -2.40. The van der Waals surface area contributed by atoms with Crippen LogP contribution in [0.3, 0.4) is 0 Å². The zero-order valence-electron chi connectivity index (χ0n) is 14.3. The van der Waals surface area contributed by atoms with Gasteiger partial charge in [0, 0.05) is 30.0 Å². The van der Waals surface area contributed by atoms with Crippen molar-refractivity contribution in [2.24, 2.45) is 0 Å². The number of Topliss-reactive ketones (excluding diaryl/α,β-unsaturated/α-hetero) is 1. The fourth-order valence-corrected chi connectivity index (χ4v) is 4.40. The second-order valence-electron chi connectivity index (χ2n) is 6.75. The molecule has 1 atom stereocenters. The summed E-state index contributed by atoms with van der Waals surface area (Å²) in [4.78, 5) is 27.3. The first-order valence-electron chi connectivity index (χ1n) is 8.76. The van der Waals surface area contributed by atoms with Crippen LogP contribution in [0.25, 0.3) is 0 Å². The van der Waals surface area contributed by atoms with Gasteiger partial charge in [-0.15, -0.1) is 0 Å². The molecule has 1 aliphatic carbocycles. The molecule has 3 nitrogen and oxygen atoms in total. The normalized spacial score (nSPS) is 20.1. The van der Waals surface area contributed by atoms with Gasteiger partial charge in [-0.05, 0) is 42.7 Å². The number of benzene rings is 2. The Morgan fingerprint density at radius 3 is 2.59 bits per heavy atom. The van der Waals surface area contributed by atoms with Gasteiger partial charge in [-0.3, -0.25) is 14.5 Å². The Balaban J connectivity index is 1.90. The minimum absolute atomic E-state index is 0.00574. The largest absolute Gasteiger partial charge is 0.294 e. The summed E-state index contributed by atoms with van der Waals surface area (Å²) in [5.41, 5.74) is 2.36. The van der Waals surface area contributed by atoms with Crippen molar-refractivity contribution in [2.45, 2.75) is 31.6 Å². The Kier molecular flexibility index (Phi) is 4.79. The summed E-state index contributed by atoms with van der Waals surface area (Å²) >= 11 is 12.5. The number of carbonyl (C=O) groups excluding carboxylic acids is 2. The predicted molar refractivity (Wildman–Crippen MR) is 104 cm³/mol.